The lowest BCUT2D eigenvalue weighted by atomic mass is 9.93. The molecule has 0 saturated heterocycles. The normalized spacial score (nSPS) is 20.6. The van der Waals surface area contributed by atoms with Gasteiger partial charge in [-0.05, 0) is 43.5 Å². The quantitative estimate of drug-likeness (QED) is 0.690. The highest BCUT2D eigenvalue weighted by molar-refractivity contribution is 5.33. The summed E-state index contributed by atoms with van der Waals surface area (Å²) in [7, 11) is 0. The van der Waals surface area contributed by atoms with Gasteiger partial charge in [0.05, 0.1) is 0 Å². The van der Waals surface area contributed by atoms with E-state index in [9.17, 15) is 4.39 Å². The summed E-state index contributed by atoms with van der Waals surface area (Å²) in [4.78, 5) is 2.35. The summed E-state index contributed by atoms with van der Waals surface area (Å²) >= 11 is 0. The molecule has 0 aromatic heterocycles. The van der Waals surface area contributed by atoms with Gasteiger partial charge in [-0.15, -0.1) is 0 Å². The first-order valence-electron chi connectivity index (χ1n) is 5.74. The second-order valence-electron chi connectivity index (χ2n) is 4.70. The molecule has 1 aromatic carbocycles. The van der Waals surface area contributed by atoms with Crippen molar-refractivity contribution in [2.75, 3.05) is 13.1 Å². The van der Waals surface area contributed by atoms with Gasteiger partial charge >= 0.3 is 0 Å². The van der Waals surface area contributed by atoms with Crippen LogP contribution in [0.3, 0.4) is 0 Å². The van der Waals surface area contributed by atoms with E-state index in [-0.39, 0.29) is 11.9 Å². The molecule has 0 radical (unpaired) electrons. The minimum absolute atomic E-state index is 0.136. The highest BCUT2D eigenvalue weighted by atomic mass is 19.1. The van der Waals surface area contributed by atoms with Gasteiger partial charge in [-0.1, -0.05) is 18.2 Å². The highest BCUT2D eigenvalue weighted by Crippen LogP contribution is 2.30. The van der Waals surface area contributed by atoms with Crippen LogP contribution in [-0.2, 0) is 6.42 Å². The first-order valence-corrected chi connectivity index (χ1v) is 5.74. The van der Waals surface area contributed by atoms with Crippen molar-refractivity contribution in [2.45, 2.75) is 26.3 Å². The minimum Gasteiger partial charge on any atom is -0.292 e. The van der Waals surface area contributed by atoms with E-state index in [4.69, 9.17) is 0 Å². The lowest BCUT2D eigenvalue weighted by Gasteiger charge is -2.35. The van der Waals surface area contributed by atoms with Crippen LogP contribution in [0.1, 0.15) is 31.0 Å². The Labute approximate surface area is 96.6 Å². The zero-order valence-electron chi connectivity index (χ0n) is 9.96. The fraction of sp³-hybridized carbons (Fsp3) is 0.429. The maximum absolute atomic E-state index is 13.2. The largest absolute Gasteiger partial charge is 0.292 e. The summed E-state index contributed by atoms with van der Waals surface area (Å²) in [6, 6.07) is 5.43. The van der Waals surface area contributed by atoms with Crippen molar-refractivity contribution in [1.29, 1.82) is 0 Å². The first-order chi connectivity index (χ1) is 7.58. The number of hydrogen-bond donors (Lipinski definition) is 0. The van der Waals surface area contributed by atoms with Crippen molar-refractivity contribution in [3.05, 3.63) is 47.3 Å². The van der Waals surface area contributed by atoms with Gasteiger partial charge in [0.1, 0.15) is 5.82 Å². The van der Waals surface area contributed by atoms with Gasteiger partial charge in [0.15, 0.2) is 0 Å². The van der Waals surface area contributed by atoms with Gasteiger partial charge in [0.25, 0.3) is 0 Å². The summed E-state index contributed by atoms with van der Waals surface area (Å²) in [5.41, 5.74) is 3.58. The zero-order chi connectivity index (χ0) is 11.7. The molecule has 2 rings (SSSR count). The van der Waals surface area contributed by atoms with E-state index >= 15 is 0 Å². The van der Waals surface area contributed by atoms with E-state index in [0.29, 0.717) is 0 Å². The summed E-state index contributed by atoms with van der Waals surface area (Å²) in [6.07, 6.45) is 1.01. The third-order valence-electron chi connectivity index (χ3n) is 3.25. The van der Waals surface area contributed by atoms with Crippen LogP contribution in [0, 0.1) is 5.82 Å². The SMILES string of the molecule is C=C(C)CN1CCc2ccc(F)cc2C1C. The van der Waals surface area contributed by atoms with E-state index in [1.807, 2.05) is 13.0 Å². The van der Waals surface area contributed by atoms with Crippen LogP contribution >= 0.6 is 0 Å². The molecule has 0 fully saturated rings. The molecule has 86 valence electrons. The Bertz CT molecular complexity index is 411. The molecule has 1 nitrogen and oxygen atoms in total. The Balaban J connectivity index is 2.26. The van der Waals surface area contributed by atoms with Gasteiger partial charge in [-0.25, -0.2) is 4.39 Å². The summed E-state index contributed by atoms with van der Waals surface area (Å²) in [5, 5.41) is 0. The Morgan fingerprint density at radius 1 is 1.56 bits per heavy atom. The maximum atomic E-state index is 13.2. The molecule has 0 saturated carbocycles. The van der Waals surface area contributed by atoms with E-state index in [1.54, 1.807) is 12.1 Å². The Kier molecular flexibility index (Phi) is 3.10. The van der Waals surface area contributed by atoms with Crippen LogP contribution < -0.4 is 0 Å². The molecule has 0 spiro atoms. The van der Waals surface area contributed by atoms with E-state index < -0.39 is 0 Å². The van der Waals surface area contributed by atoms with Crippen LogP contribution in [0.4, 0.5) is 4.39 Å². The predicted octanol–water partition coefficient (Wildman–Crippen LogP) is 3.32. The van der Waals surface area contributed by atoms with E-state index in [0.717, 1.165) is 30.6 Å². The fourth-order valence-electron chi connectivity index (χ4n) is 2.40. The topological polar surface area (TPSA) is 3.24 Å². The monoisotopic (exact) mass is 219 g/mol. The number of benzene rings is 1. The van der Waals surface area contributed by atoms with Crippen molar-refractivity contribution in [2.24, 2.45) is 0 Å². The molecular formula is C14H18FN. The minimum atomic E-state index is -0.136. The number of nitrogens with zero attached hydrogens (tertiary/aromatic N) is 1. The Morgan fingerprint density at radius 2 is 2.31 bits per heavy atom. The van der Waals surface area contributed by atoms with Gasteiger partial charge in [0, 0.05) is 19.1 Å². The molecule has 1 aliphatic rings. The molecule has 0 amide bonds. The standard InChI is InChI=1S/C14H18FN/c1-10(2)9-16-7-6-12-4-5-13(15)8-14(12)11(16)3/h4-5,8,11H,1,6-7,9H2,2-3H3. The summed E-state index contributed by atoms with van der Waals surface area (Å²) < 4.78 is 13.2. The molecule has 0 N–H and O–H groups in total. The van der Waals surface area contributed by atoms with Crippen molar-refractivity contribution >= 4 is 0 Å². The third-order valence-corrected chi connectivity index (χ3v) is 3.25. The van der Waals surface area contributed by atoms with Crippen LogP contribution in [0.5, 0.6) is 0 Å². The maximum Gasteiger partial charge on any atom is 0.123 e. The molecule has 2 heteroatoms. The molecule has 1 aromatic rings. The van der Waals surface area contributed by atoms with Gasteiger partial charge in [0.2, 0.25) is 0 Å². The molecular weight excluding hydrogens is 201 g/mol. The molecule has 16 heavy (non-hydrogen) atoms. The van der Waals surface area contributed by atoms with Crippen LogP contribution in [-0.4, -0.2) is 18.0 Å². The smallest absolute Gasteiger partial charge is 0.123 e. The molecule has 1 aliphatic heterocycles. The average Bonchev–Trinajstić information content (AvgIpc) is 2.22. The lowest BCUT2D eigenvalue weighted by Crippen LogP contribution is -2.35. The van der Waals surface area contributed by atoms with Gasteiger partial charge < -0.3 is 0 Å². The van der Waals surface area contributed by atoms with E-state index in [1.165, 1.54) is 5.56 Å². The van der Waals surface area contributed by atoms with Crippen molar-refractivity contribution in [3.63, 3.8) is 0 Å². The van der Waals surface area contributed by atoms with E-state index in [2.05, 4.69) is 18.4 Å². The zero-order valence-corrected chi connectivity index (χ0v) is 9.96. The summed E-state index contributed by atoms with van der Waals surface area (Å²) in [5.74, 6) is -0.136. The Hall–Kier alpha value is -1.15. The van der Waals surface area contributed by atoms with Crippen LogP contribution in [0.2, 0.25) is 0 Å². The molecule has 1 unspecified atom stereocenters. The predicted molar refractivity (Wildman–Crippen MR) is 64.9 cm³/mol. The fourth-order valence-corrected chi connectivity index (χ4v) is 2.40. The summed E-state index contributed by atoms with van der Waals surface area (Å²) in [6.45, 7) is 10.1. The van der Waals surface area contributed by atoms with Crippen LogP contribution in [0.15, 0.2) is 30.4 Å². The number of fused-ring (bicyclic) bond motifs is 1. The van der Waals surface area contributed by atoms with Crippen molar-refractivity contribution in [1.82, 2.24) is 4.90 Å². The number of hydrogen-bond acceptors (Lipinski definition) is 1. The highest BCUT2D eigenvalue weighted by Gasteiger charge is 2.23. The van der Waals surface area contributed by atoms with Crippen LogP contribution in [0.25, 0.3) is 0 Å². The Morgan fingerprint density at radius 3 is 3.00 bits per heavy atom. The number of rotatable bonds is 2. The molecule has 1 atom stereocenters. The second-order valence-corrected chi connectivity index (χ2v) is 4.70. The molecule has 1 heterocycles. The number of halogens is 1. The molecule has 0 aliphatic carbocycles. The second kappa shape index (κ2) is 4.38. The van der Waals surface area contributed by atoms with Crippen molar-refractivity contribution < 1.29 is 4.39 Å². The average molecular weight is 219 g/mol. The molecule has 0 bridgehead atoms. The van der Waals surface area contributed by atoms with Crippen molar-refractivity contribution in [3.8, 4) is 0 Å². The third kappa shape index (κ3) is 2.17. The lowest BCUT2D eigenvalue weighted by molar-refractivity contribution is 0.216. The van der Waals surface area contributed by atoms with Gasteiger partial charge in [-0.3, -0.25) is 4.90 Å². The van der Waals surface area contributed by atoms with Gasteiger partial charge in [-0.2, -0.15) is 0 Å². The first kappa shape index (κ1) is 11.3.